The number of aromatic nitrogens is 2. The molecule has 0 amide bonds. The monoisotopic (exact) mass is 333 g/mol. The molecule has 1 N–H and O–H groups in total. The van der Waals surface area contributed by atoms with Gasteiger partial charge in [-0.3, -0.25) is 4.90 Å². The first-order valence-corrected chi connectivity index (χ1v) is 9.23. The third-order valence-electron chi connectivity index (χ3n) is 5.98. The SMILES string of the molecule is CC1C(Oc2ccc(-c3c[nH]c4ccccc34)cn2)C2CCN1CC2. The average Bonchev–Trinajstić information content (AvgIpc) is 3.10. The highest BCUT2D eigenvalue weighted by atomic mass is 16.5. The lowest BCUT2D eigenvalue weighted by atomic mass is 9.81. The van der Waals surface area contributed by atoms with E-state index in [1.807, 2.05) is 18.3 Å². The lowest BCUT2D eigenvalue weighted by molar-refractivity contribution is -0.0525. The predicted molar refractivity (Wildman–Crippen MR) is 99.7 cm³/mol. The Labute approximate surface area is 147 Å². The first-order chi connectivity index (χ1) is 12.3. The normalized spacial score (nSPS) is 28.4. The minimum absolute atomic E-state index is 0.272. The van der Waals surface area contributed by atoms with Crippen LogP contribution in [0.2, 0.25) is 0 Å². The predicted octanol–water partition coefficient (Wildman–Crippen LogP) is 4.09. The highest BCUT2D eigenvalue weighted by Crippen LogP contribution is 2.35. The summed E-state index contributed by atoms with van der Waals surface area (Å²) in [4.78, 5) is 10.5. The Morgan fingerprint density at radius 1 is 1.12 bits per heavy atom. The van der Waals surface area contributed by atoms with Crippen LogP contribution in [0.4, 0.5) is 0 Å². The molecule has 0 aliphatic carbocycles. The summed E-state index contributed by atoms with van der Waals surface area (Å²) in [6.07, 6.45) is 6.76. The van der Waals surface area contributed by atoms with Gasteiger partial charge in [0, 0.05) is 46.5 Å². The van der Waals surface area contributed by atoms with Gasteiger partial charge >= 0.3 is 0 Å². The minimum atomic E-state index is 0.272. The van der Waals surface area contributed by atoms with Crippen molar-refractivity contribution in [2.45, 2.75) is 31.9 Å². The molecule has 2 atom stereocenters. The highest BCUT2D eigenvalue weighted by Gasteiger charge is 2.41. The van der Waals surface area contributed by atoms with Crippen LogP contribution in [-0.2, 0) is 0 Å². The number of nitrogens with one attached hydrogen (secondary N) is 1. The second kappa shape index (κ2) is 5.88. The van der Waals surface area contributed by atoms with Crippen LogP contribution in [0.25, 0.3) is 22.0 Å². The van der Waals surface area contributed by atoms with Crippen LogP contribution in [-0.4, -0.2) is 40.1 Å². The molecule has 3 fully saturated rings. The fourth-order valence-electron chi connectivity index (χ4n) is 4.51. The maximum atomic E-state index is 6.30. The number of H-pyrrole nitrogens is 1. The maximum Gasteiger partial charge on any atom is 0.213 e. The van der Waals surface area contributed by atoms with Gasteiger partial charge in [0.2, 0.25) is 5.88 Å². The second-order valence-corrected chi connectivity index (χ2v) is 7.33. The molecule has 2 unspecified atom stereocenters. The Hall–Kier alpha value is -2.33. The number of fused-ring (bicyclic) bond motifs is 4. The fraction of sp³-hybridized carbons (Fsp3) is 0.381. The smallest absolute Gasteiger partial charge is 0.213 e. The summed E-state index contributed by atoms with van der Waals surface area (Å²) in [5.74, 6) is 1.42. The Morgan fingerprint density at radius 2 is 1.96 bits per heavy atom. The van der Waals surface area contributed by atoms with Crippen LogP contribution in [0.3, 0.4) is 0 Å². The van der Waals surface area contributed by atoms with Gasteiger partial charge in [0.25, 0.3) is 0 Å². The van der Waals surface area contributed by atoms with Crippen molar-refractivity contribution in [1.82, 2.24) is 14.9 Å². The number of para-hydroxylation sites is 1. The summed E-state index contributed by atoms with van der Waals surface area (Å²) in [5.41, 5.74) is 3.46. The van der Waals surface area contributed by atoms with Gasteiger partial charge in [-0.2, -0.15) is 0 Å². The Kier molecular flexibility index (Phi) is 3.52. The third kappa shape index (κ3) is 2.52. The van der Waals surface area contributed by atoms with Gasteiger partial charge in [-0.05, 0) is 50.9 Å². The first kappa shape index (κ1) is 15.0. The highest BCUT2D eigenvalue weighted by molar-refractivity contribution is 5.95. The average molecular weight is 333 g/mol. The summed E-state index contributed by atoms with van der Waals surface area (Å²) in [6.45, 7) is 4.73. The lowest BCUT2D eigenvalue weighted by Gasteiger charge is -2.49. The van der Waals surface area contributed by atoms with E-state index in [0.29, 0.717) is 12.0 Å². The molecule has 2 aromatic heterocycles. The van der Waals surface area contributed by atoms with E-state index >= 15 is 0 Å². The molecular weight excluding hydrogens is 310 g/mol. The van der Waals surface area contributed by atoms with E-state index in [-0.39, 0.29) is 6.10 Å². The molecule has 5 heterocycles. The topological polar surface area (TPSA) is 41.1 Å². The summed E-state index contributed by atoms with van der Waals surface area (Å²) < 4.78 is 6.30. The molecule has 3 aromatic rings. The lowest BCUT2D eigenvalue weighted by Crippen LogP contribution is -2.58. The van der Waals surface area contributed by atoms with Crippen molar-refractivity contribution in [3.05, 3.63) is 48.8 Å². The molecule has 25 heavy (non-hydrogen) atoms. The fourth-order valence-corrected chi connectivity index (χ4v) is 4.51. The van der Waals surface area contributed by atoms with Crippen molar-refractivity contribution < 1.29 is 4.74 Å². The zero-order valence-electron chi connectivity index (χ0n) is 14.5. The summed E-state index contributed by atoms with van der Waals surface area (Å²) in [7, 11) is 0. The first-order valence-electron chi connectivity index (χ1n) is 9.23. The van der Waals surface area contributed by atoms with Gasteiger partial charge in [-0.15, -0.1) is 0 Å². The molecule has 3 aliphatic rings. The zero-order valence-corrected chi connectivity index (χ0v) is 14.5. The number of benzene rings is 1. The van der Waals surface area contributed by atoms with E-state index in [0.717, 1.165) is 17.0 Å². The van der Waals surface area contributed by atoms with Crippen LogP contribution >= 0.6 is 0 Å². The molecule has 4 nitrogen and oxygen atoms in total. The number of ether oxygens (including phenoxy) is 1. The number of hydrogen-bond donors (Lipinski definition) is 1. The summed E-state index contributed by atoms with van der Waals surface area (Å²) in [5, 5.41) is 1.23. The van der Waals surface area contributed by atoms with Gasteiger partial charge in [-0.1, -0.05) is 18.2 Å². The van der Waals surface area contributed by atoms with Crippen LogP contribution in [0.5, 0.6) is 5.88 Å². The molecular formula is C21H23N3O. The number of pyridine rings is 1. The maximum absolute atomic E-state index is 6.30. The van der Waals surface area contributed by atoms with Crippen LogP contribution < -0.4 is 4.74 Å². The summed E-state index contributed by atoms with van der Waals surface area (Å²) in [6, 6.07) is 13.0. The Balaban J connectivity index is 1.39. The standard InChI is InChI=1S/C21H23N3O/c1-14-21(15-8-10-24(14)11-9-15)25-20-7-6-16(12-23-20)18-13-22-19-5-3-2-4-17(18)19/h2-7,12-15,21-22H,8-11H2,1H3. The Morgan fingerprint density at radius 3 is 2.72 bits per heavy atom. The van der Waals surface area contributed by atoms with Gasteiger partial charge in [0.1, 0.15) is 6.10 Å². The van der Waals surface area contributed by atoms with E-state index in [1.165, 1.54) is 36.9 Å². The van der Waals surface area contributed by atoms with E-state index in [4.69, 9.17) is 4.74 Å². The van der Waals surface area contributed by atoms with Crippen molar-refractivity contribution in [1.29, 1.82) is 0 Å². The number of piperidine rings is 3. The third-order valence-corrected chi connectivity index (χ3v) is 5.98. The van der Waals surface area contributed by atoms with Crippen LogP contribution in [0.15, 0.2) is 48.8 Å². The van der Waals surface area contributed by atoms with Crippen molar-refractivity contribution in [2.75, 3.05) is 13.1 Å². The van der Waals surface area contributed by atoms with Gasteiger partial charge in [0.05, 0.1) is 0 Å². The Bertz CT molecular complexity index is 876. The number of nitrogens with zero attached hydrogens (tertiary/aromatic N) is 2. The molecule has 4 heteroatoms. The quantitative estimate of drug-likeness (QED) is 0.785. The molecule has 0 saturated carbocycles. The number of hydrogen-bond acceptors (Lipinski definition) is 3. The van der Waals surface area contributed by atoms with Crippen molar-refractivity contribution in [3.8, 4) is 17.0 Å². The number of rotatable bonds is 3. The van der Waals surface area contributed by atoms with Gasteiger partial charge < -0.3 is 9.72 Å². The van der Waals surface area contributed by atoms with E-state index in [2.05, 4.69) is 52.3 Å². The molecule has 6 rings (SSSR count). The van der Waals surface area contributed by atoms with Gasteiger partial charge in [-0.25, -0.2) is 4.98 Å². The molecule has 2 bridgehead atoms. The van der Waals surface area contributed by atoms with Crippen molar-refractivity contribution in [2.24, 2.45) is 5.92 Å². The van der Waals surface area contributed by atoms with Crippen LogP contribution in [0, 0.1) is 5.92 Å². The van der Waals surface area contributed by atoms with E-state index < -0.39 is 0 Å². The molecule has 0 spiro atoms. The second-order valence-electron chi connectivity index (χ2n) is 7.33. The van der Waals surface area contributed by atoms with Crippen LogP contribution in [0.1, 0.15) is 19.8 Å². The molecule has 128 valence electrons. The molecule has 3 saturated heterocycles. The van der Waals surface area contributed by atoms with Gasteiger partial charge in [0.15, 0.2) is 0 Å². The molecule has 1 aromatic carbocycles. The van der Waals surface area contributed by atoms with Crippen molar-refractivity contribution >= 4 is 10.9 Å². The zero-order chi connectivity index (χ0) is 16.8. The number of aromatic amines is 1. The van der Waals surface area contributed by atoms with E-state index in [1.54, 1.807) is 0 Å². The molecule has 0 radical (unpaired) electrons. The van der Waals surface area contributed by atoms with E-state index in [9.17, 15) is 0 Å². The largest absolute Gasteiger partial charge is 0.472 e. The summed E-state index contributed by atoms with van der Waals surface area (Å²) >= 11 is 0. The minimum Gasteiger partial charge on any atom is -0.472 e. The van der Waals surface area contributed by atoms with Crippen molar-refractivity contribution in [3.63, 3.8) is 0 Å². The molecule has 3 aliphatic heterocycles.